The molecule has 0 spiro atoms. The van der Waals surface area contributed by atoms with E-state index in [0.717, 1.165) is 26.8 Å². The Morgan fingerprint density at radius 1 is 1.33 bits per heavy atom. The van der Waals surface area contributed by atoms with Crippen LogP contribution in [0.3, 0.4) is 0 Å². The molecule has 1 N–H and O–H groups in total. The molecule has 21 heavy (non-hydrogen) atoms. The smallest absolute Gasteiger partial charge is 0.347 e. The molecule has 5 nitrogen and oxygen atoms in total. The molecule has 0 fully saturated rings. The Kier molecular flexibility index (Phi) is 4.46. The molecule has 0 atom stereocenters. The fourth-order valence-electron chi connectivity index (χ4n) is 1.98. The van der Waals surface area contributed by atoms with Gasteiger partial charge in [-0.1, -0.05) is 29.8 Å². The largest absolute Gasteiger partial charge is 0.477 e. The van der Waals surface area contributed by atoms with Gasteiger partial charge in [0, 0.05) is 13.6 Å². The van der Waals surface area contributed by atoms with Gasteiger partial charge in [0.25, 0.3) is 0 Å². The van der Waals surface area contributed by atoms with Crippen LogP contribution in [-0.4, -0.2) is 30.8 Å². The summed E-state index contributed by atoms with van der Waals surface area (Å²) in [5.41, 5.74) is 1.90. The van der Waals surface area contributed by atoms with E-state index in [2.05, 4.69) is 0 Å². The molecule has 0 saturated carbocycles. The van der Waals surface area contributed by atoms with Crippen molar-refractivity contribution in [2.24, 2.45) is 0 Å². The summed E-state index contributed by atoms with van der Waals surface area (Å²) in [5, 5.41) is 10.5. The zero-order valence-corrected chi connectivity index (χ0v) is 13.2. The quantitative estimate of drug-likeness (QED) is 0.917. The number of hydrogen-bond donors (Lipinski definition) is 1. The van der Waals surface area contributed by atoms with Crippen LogP contribution >= 0.6 is 11.3 Å². The summed E-state index contributed by atoms with van der Waals surface area (Å²) in [5.74, 6) is -1.23. The van der Waals surface area contributed by atoms with Crippen LogP contribution in [0.2, 0.25) is 0 Å². The molecule has 7 heteroatoms. The average Bonchev–Trinajstić information content (AvgIpc) is 2.88. The zero-order valence-electron chi connectivity index (χ0n) is 11.6. The molecule has 112 valence electrons. The molecule has 0 aliphatic heterocycles. The Morgan fingerprint density at radius 3 is 2.67 bits per heavy atom. The third kappa shape index (κ3) is 3.31. The standard InChI is InChI=1S/C14H15NO4S2/c1-10-4-3-5-11(8-10)9-15(2)21(18,19)12-6-7-20-13(12)14(16)17/h3-8H,9H2,1-2H3,(H,16,17). The Bertz CT molecular complexity index is 765. The van der Waals surface area contributed by atoms with Gasteiger partial charge in [-0.2, -0.15) is 4.31 Å². The second kappa shape index (κ2) is 5.97. The molecule has 0 aliphatic rings. The van der Waals surface area contributed by atoms with E-state index in [1.54, 1.807) is 0 Å². The zero-order chi connectivity index (χ0) is 15.6. The molecule has 2 aromatic rings. The number of benzene rings is 1. The normalized spacial score (nSPS) is 11.8. The number of carboxylic acids is 1. The molecule has 1 aromatic heterocycles. The monoisotopic (exact) mass is 325 g/mol. The molecule has 0 unspecified atom stereocenters. The second-order valence-electron chi connectivity index (χ2n) is 4.67. The first kappa shape index (κ1) is 15.7. The van der Waals surface area contributed by atoms with Crippen molar-refractivity contribution in [3.8, 4) is 0 Å². The summed E-state index contributed by atoms with van der Waals surface area (Å²) in [6.45, 7) is 2.12. The SMILES string of the molecule is Cc1cccc(CN(C)S(=O)(=O)c2ccsc2C(=O)O)c1. The first-order valence-electron chi connectivity index (χ1n) is 6.15. The van der Waals surface area contributed by atoms with Crippen molar-refractivity contribution in [3.05, 3.63) is 51.7 Å². The summed E-state index contributed by atoms with van der Waals surface area (Å²) in [6.07, 6.45) is 0. The number of thiophene rings is 1. The highest BCUT2D eigenvalue weighted by Gasteiger charge is 2.27. The first-order chi connectivity index (χ1) is 9.82. The second-order valence-corrected chi connectivity index (χ2v) is 7.60. The maximum Gasteiger partial charge on any atom is 0.347 e. The molecule has 0 radical (unpaired) electrons. The highest BCUT2D eigenvalue weighted by Crippen LogP contribution is 2.25. The van der Waals surface area contributed by atoms with Crippen molar-refractivity contribution in [1.82, 2.24) is 4.31 Å². The topological polar surface area (TPSA) is 74.7 Å². The number of carbonyl (C=O) groups is 1. The van der Waals surface area contributed by atoms with Crippen molar-refractivity contribution < 1.29 is 18.3 Å². The van der Waals surface area contributed by atoms with Gasteiger partial charge in [-0.3, -0.25) is 0 Å². The highest BCUT2D eigenvalue weighted by molar-refractivity contribution is 7.89. The third-order valence-corrected chi connectivity index (χ3v) is 5.88. The predicted molar refractivity (Wildman–Crippen MR) is 81.1 cm³/mol. The van der Waals surface area contributed by atoms with Crippen molar-refractivity contribution in [2.45, 2.75) is 18.4 Å². The van der Waals surface area contributed by atoms with Gasteiger partial charge in [-0.15, -0.1) is 11.3 Å². The van der Waals surface area contributed by atoms with E-state index in [9.17, 15) is 13.2 Å². The van der Waals surface area contributed by atoms with Crippen molar-refractivity contribution in [2.75, 3.05) is 7.05 Å². The van der Waals surface area contributed by atoms with Gasteiger partial charge in [-0.05, 0) is 23.9 Å². The van der Waals surface area contributed by atoms with Gasteiger partial charge in [-0.25, -0.2) is 13.2 Å². The van der Waals surface area contributed by atoms with Crippen LogP contribution in [0.4, 0.5) is 0 Å². The van der Waals surface area contributed by atoms with E-state index in [0.29, 0.717) is 0 Å². The van der Waals surface area contributed by atoms with Crippen LogP contribution in [0.15, 0.2) is 40.6 Å². The molecule has 0 saturated heterocycles. The lowest BCUT2D eigenvalue weighted by molar-refractivity contribution is 0.0698. The number of carboxylic acid groups (broad SMARTS) is 1. The van der Waals surface area contributed by atoms with Crippen LogP contribution in [0.1, 0.15) is 20.8 Å². The molecule has 1 aromatic carbocycles. The summed E-state index contributed by atoms with van der Waals surface area (Å²) < 4.78 is 26.1. The van der Waals surface area contributed by atoms with Crippen molar-refractivity contribution in [3.63, 3.8) is 0 Å². The third-order valence-electron chi connectivity index (χ3n) is 3.00. The molecular weight excluding hydrogens is 310 g/mol. The number of aryl methyl sites for hydroxylation is 1. The van der Waals surface area contributed by atoms with Crippen molar-refractivity contribution in [1.29, 1.82) is 0 Å². The Labute approximate surface area is 127 Å². The van der Waals surface area contributed by atoms with E-state index in [1.165, 1.54) is 18.5 Å². The van der Waals surface area contributed by atoms with Crippen LogP contribution in [0.5, 0.6) is 0 Å². The minimum atomic E-state index is -3.82. The number of hydrogen-bond acceptors (Lipinski definition) is 4. The van der Waals surface area contributed by atoms with Crippen LogP contribution < -0.4 is 0 Å². The van der Waals surface area contributed by atoms with E-state index < -0.39 is 16.0 Å². The van der Waals surface area contributed by atoms with Crippen LogP contribution in [0, 0.1) is 6.92 Å². The Balaban J connectivity index is 2.31. The maximum absolute atomic E-state index is 12.5. The van der Waals surface area contributed by atoms with Gasteiger partial charge in [0.05, 0.1) is 0 Å². The summed E-state index contributed by atoms with van der Waals surface area (Å²) in [7, 11) is -2.37. The van der Waals surface area contributed by atoms with Crippen molar-refractivity contribution >= 4 is 27.3 Å². The van der Waals surface area contributed by atoms with Crippen LogP contribution in [-0.2, 0) is 16.6 Å². The maximum atomic E-state index is 12.5. The number of sulfonamides is 1. The van der Waals surface area contributed by atoms with Gasteiger partial charge in [0.15, 0.2) is 0 Å². The molecule has 0 bridgehead atoms. The molecular formula is C14H15NO4S2. The lowest BCUT2D eigenvalue weighted by Crippen LogP contribution is -2.27. The van der Waals surface area contributed by atoms with Crippen LogP contribution in [0.25, 0.3) is 0 Å². The number of aromatic carboxylic acids is 1. The summed E-state index contributed by atoms with van der Waals surface area (Å²) in [6, 6.07) is 8.86. The van der Waals surface area contributed by atoms with Gasteiger partial charge in [0.1, 0.15) is 9.77 Å². The Hall–Kier alpha value is -1.70. The van der Waals surface area contributed by atoms with Gasteiger partial charge < -0.3 is 5.11 Å². The Morgan fingerprint density at radius 2 is 2.05 bits per heavy atom. The van der Waals surface area contributed by atoms with E-state index in [1.807, 2.05) is 31.2 Å². The lowest BCUT2D eigenvalue weighted by Gasteiger charge is -2.17. The minimum absolute atomic E-state index is 0.157. The van der Waals surface area contributed by atoms with Gasteiger partial charge >= 0.3 is 5.97 Å². The summed E-state index contributed by atoms with van der Waals surface area (Å²) >= 11 is 0.905. The molecule has 0 aliphatic carbocycles. The fourth-order valence-corrected chi connectivity index (χ4v) is 4.37. The lowest BCUT2D eigenvalue weighted by atomic mass is 10.1. The van der Waals surface area contributed by atoms with E-state index >= 15 is 0 Å². The molecule has 1 heterocycles. The average molecular weight is 325 g/mol. The summed E-state index contributed by atoms with van der Waals surface area (Å²) in [4.78, 5) is 10.8. The van der Waals surface area contributed by atoms with E-state index in [4.69, 9.17) is 5.11 Å². The van der Waals surface area contributed by atoms with Gasteiger partial charge in [0.2, 0.25) is 10.0 Å². The first-order valence-corrected chi connectivity index (χ1v) is 8.47. The highest BCUT2D eigenvalue weighted by atomic mass is 32.2. The van der Waals surface area contributed by atoms with E-state index in [-0.39, 0.29) is 16.3 Å². The molecule has 0 amide bonds. The molecule has 2 rings (SSSR count). The number of rotatable bonds is 5. The fraction of sp³-hybridized carbons (Fsp3) is 0.214. The predicted octanol–water partition coefficient (Wildman–Crippen LogP) is 2.58. The minimum Gasteiger partial charge on any atom is -0.477 e. The number of nitrogens with zero attached hydrogens (tertiary/aromatic N) is 1.